The van der Waals surface area contributed by atoms with E-state index in [0.717, 1.165) is 49.6 Å². The molecule has 0 radical (unpaired) electrons. The zero-order chi connectivity index (χ0) is 26.3. The number of aryl methyl sites for hydroxylation is 1. The van der Waals surface area contributed by atoms with Gasteiger partial charge >= 0.3 is 0 Å². The number of amides is 2. The van der Waals surface area contributed by atoms with E-state index in [2.05, 4.69) is 48.3 Å². The van der Waals surface area contributed by atoms with E-state index >= 15 is 0 Å². The van der Waals surface area contributed by atoms with Crippen LogP contribution in [0.3, 0.4) is 0 Å². The topological polar surface area (TPSA) is 56.4 Å². The van der Waals surface area contributed by atoms with Gasteiger partial charge in [0, 0.05) is 41.8 Å². The Bertz CT molecular complexity index is 1360. The molecule has 0 atom stereocenters. The average Bonchev–Trinajstić information content (AvgIpc) is 3.72. The first-order chi connectivity index (χ1) is 18.6. The quantitative estimate of drug-likeness (QED) is 0.242. The van der Waals surface area contributed by atoms with Gasteiger partial charge in [-0.15, -0.1) is 0 Å². The summed E-state index contributed by atoms with van der Waals surface area (Å²) in [4.78, 5) is 34.3. The lowest BCUT2D eigenvalue weighted by Crippen LogP contribution is -2.44. The van der Waals surface area contributed by atoms with Gasteiger partial charge in [-0.2, -0.15) is 0 Å². The van der Waals surface area contributed by atoms with Crippen LogP contribution in [0.25, 0.3) is 10.9 Å². The fraction of sp³-hybridized carbons (Fsp3) is 0.333. The predicted molar refractivity (Wildman–Crippen MR) is 153 cm³/mol. The summed E-state index contributed by atoms with van der Waals surface area (Å²) in [5.74, 6) is -0.0484. The van der Waals surface area contributed by atoms with Crippen LogP contribution in [0.5, 0.6) is 0 Å². The molecule has 2 amide bonds. The number of H-pyrrole nitrogens is 1. The summed E-state index contributed by atoms with van der Waals surface area (Å²) in [5.41, 5.74) is 5.31. The monoisotopic (exact) mass is 507 g/mol. The summed E-state index contributed by atoms with van der Waals surface area (Å²) in [7, 11) is 0. The normalized spacial score (nSPS) is 13.0. The number of hydrogen-bond donors (Lipinski definition) is 1. The molecule has 1 aliphatic carbocycles. The lowest BCUT2D eigenvalue weighted by atomic mass is 10.1. The molecule has 1 saturated carbocycles. The maximum absolute atomic E-state index is 13.7. The van der Waals surface area contributed by atoms with Crippen molar-refractivity contribution in [3.63, 3.8) is 0 Å². The minimum Gasteiger partial charge on any atom is -0.361 e. The Kier molecular flexibility index (Phi) is 8.22. The van der Waals surface area contributed by atoms with Crippen molar-refractivity contribution in [2.45, 2.75) is 58.0 Å². The van der Waals surface area contributed by atoms with E-state index < -0.39 is 0 Å². The van der Waals surface area contributed by atoms with Crippen LogP contribution in [0.4, 0.5) is 0 Å². The Morgan fingerprint density at radius 3 is 2.34 bits per heavy atom. The number of carbonyl (C=O) groups excluding carboxylic acids is 2. The molecule has 5 nitrogen and oxygen atoms in total. The van der Waals surface area contributed by atoms with Gasteiger partial charge < -0.3 is 14.8 Å². The molecule has 0 saturated heterocycles. The summed E-state index contributed by atoms with van der Waals surface area (Å²) in [6.07, 6.45) is 8.03. The predicted octanol–water partition coefficient (Wildman–Crippen LogP) is 6.39. The van der Waals surface area contributed by atoms with Crippen LogP contribution in [-0.4, -0.2) is 45.7 Å². The minimum atomic E-state index is -0.0424. The van der Waals surface area contributed by atoms with Gasteiger partial charge in [0.05, 0.1) is 0 Å². The van der Waals surface area contributed by atoms with Crippen molar-refractivity contribution in [3.8, 4) is 0 Å². The molecule has 0 spiro atoms. The Hall–Kier alpha value is -3.86. The van der Waals surface area contributed by atoms with Crippen molar-refractivity contribution in [1.82, 2.24) is 14.8 Å². The van der Waals surface area contributed by atoms with Gasteiger partial charge in [0.15, 0.2) is 0 Å². The van der Waals surface area contributed by atoms with Crippen molar-refractivity contribution >= 4 is 22.7 Å². The third-order valence-corrected chi connectivity index (χ3v) is 7.47. The van der Waals surface area contributed by atoms with Gasteiger partial charge in [0.25, 0.3) is 5.91 Å². The second-order valence-electron chi connectivity index (χ2n) is 10.4. The summed E-state index contributed by atoms with van der Waals surface area (Å²) in [6.45, 7) is 3.42. The van der Waals surface area contributed by atoms with Crippen LogP contribution in [0.1, 0.15) is 59.7 Å². The molecule has 1 N–H and O–H groups in total. The number of unbranched alkanes of at least 4 members (excludes halogenated alkanes) is 1. The molecule has 1 aromatic heterocycles. The Morgan fingerprint density at radius 1 is 0.868 bits per heavy atom. The van der Waals surface area contributed by atoms with E-state index in [-0.39, 0.29) is 24.4 Å². The molecule has 1 fully saturated rings. The smallest absolute Gasteiger partial charge is 0.254 e. The molecule has 1 aliphatic rings. The van der Waals surface area contributed by atoms with Crippen LogP contribution in [0, 0.1) is 0 Å². The van der Waals surface area contributed by atoms with Crippen molar-refractivity contribution in [3.05, 3.63) is 107 Å². The van der Waals surface area contributed by atoms with E-state index in [1.807, 2.05) is 53.6 Å². The number of para-hydroxylation sites is 1. The maximum atomic E-state index is 13.7. The standard InChI is InChI=1S/C33H37N3O2/c1-2-3-9-25-14-16-27(17-15-25)33(38)36(29-18-19-29)24-32(37)35(23-26-10-5-4-6-11-26)21-20-28-22-34-31-13-8-7-12-30(28)31/h4-8,10-17,22,29,34H,2-3,9,18-21,23-24H2,1H3. The van der Waals surface area contributed by atoms with E-state index in [0.29, 0.717) is 18.7 Å². The molecule has 38 heavy (non-hydrogen) atoms. The average molecular weight is 508 g/mol. The number of nitrogens with one attached hydrogen (secondary N) is 1. The first-order valence-electron chi connectivity index (χ1n) is 13.9. The van der Waals surface area contributed by atoms with Gasteiger partial charge in [-0.05, 0) is 67.0 Å². The third-order valence-electron chi connectivity index (χ3n) is 7.47. The minimum absolute atomic E-state index is 0.00601. The number of carbonyl (C=O) groups is 2. The molecule has 5 heteroatoms. The van der Waals surface area contributed by atoms with E-state index in [9.17, 15) is 9.59 Å². The third kappa shape index (κ3) is 6.34. The molecule has 4 aromatic rings. The Morgan fingerprint density at radius 2 is 1.61 bits per heavy atom. The van der Waals surface area contributed by atoms with Crippen LogP contribution >= 0.6 is 0 Å². The summed E-state index contributed by atoms with van der Waals surface area (Å²) in [6, 6.07) is 26.5. The lowest BCUT2D eigenvalue weighted by Gasteiger charge is -2.28. The number of fused-ring (bicyclic) bond motifs is 1. The fourth-order valence-electron chi connectivity index (χ4n) is 5.05. The molecular weight excluding hydrogens is 470 g/mol. The molecule has 0 bridgehead atoms. The number of rotatable bonds is 12. The summed E-state index contributed by atoms with van der Waals surface area (Å²) in [5, 5.41) is 1.19. The highest BCUT2D eigenvalue weighted by molar-refractivity contribution is 5.97. The molecule has 1 heterocycles. The van der Waals surface area contributed by atoms with Gasteiger partial charge in [-0.25, -0.2) is 0 Å². The molecule has 196 valence electrons. The summed E-state index contributed by atoms with van der Waals surface area (Å²) < 4.78 is 0. The molecule has 0 unspecified atom stereocenters. The SMILES string of the molecule is CCCCc1ccc(C(=O)N(CC(=O)N(CCc2c[nH]c3ccccc23)Cc2ccccc2)C2CC2)cc1. The van der Waals surface area contributed by atoms with Gasteiger partial charge in [-0.3, -0.25) is 9.59 Å². The number of nitrogens with zero attached hydrogens (tertiary/aromatic N) is 2. The van der Waals surface area contributed by atoms with Crippen molar-refractivity contribution in [2.75, 3.05) is 13.1 Å². The molecular formula is C33H37N3O2. The van der Waals surface area contributed by atoms with Crippen LogP contribution < -0.4 is 0 Å². The number of aromatic nitrogens is 1. The zero-order valence-electron chi connectivity index (χ0n) is 22.2. The highest BCUT2D eigenvalue weighted by atomic mass is 16.2. The highest BCUT2D eigenvalue weighted by Crippen LogP contribution is 2.29. The van der Waals surface area contributed by atoms with Crippen LogP contribution in [0.15, 0.2) is 85.1 Å². The lowest BCUT2D eigenvalue weighted by molar-refractivity contribution is -0.132. The Labute approximate surface area is 225 Å². The largest absolute Gasteiger partial charge is 0.361 e. The number of benzene rings is 3. The Balaban J connectivity index is 1.31. The van der Waals surface area contributed by atoms with Crippen LogP contribution in [0.2, 0.25) is 0 Å². The zero-order valence-corrected chi connectivity index (χ0v) is 22.2. The second kappa shape index (κ2) is 12.1. The molecule has 3 aromatic carbocycles. The number of hydrogen-bond acceptors (Lipinski definition) is 2. The molecule has 0 aliphatic heterocycles. The van der Waals surface area contributed by atoms with E-state index in [1.165, 1.54) is 16.5 Å². The van der Waals surface area contributed by atoms with Crippen molar-refractivity contribution in [2.24, 2.45) is 0 Å². The molecule has 5 rings (SSSR count). The second-order valence-corrected chi connectivity index (χ2v) is 10.4. The van der Waals surface area contributed by atoms with Gasteiger partial charge in [-0.1, -0.05) is 74.0 Å². The first-order valence-corrected chi connectivity index (χ1v) is 13.9. The van der Waals surface area contributed by atoms with Gasteiger partial charge in [0.1, 0.15) is 6.54 Å². The maximum Gasteiger partial charge on any atom is 0.254 e. The number of aromatic amines is 1. The summed E-state index contributed by atoms with van der Waals surface area (Å²) >= 11 is 0. The van der Waals surface area contributed by atoms with Crippen molar-refractivity contribution < 1.29 is 9.59 Å². The van der Waals surface area contributed by atoms with Crippen LogP contribution in [-0.2, 0) is 24.2 Å². The van der Waals surface area contributed by atoms with E-state index in [1.54, 1.807) is 4.90 Å². The first kappa shape index (κ1) is 25.8. The fourth-order valence-corrected chi connectivity index (χ4v) is 5.05. The van der Waals surface area contributed by atoms with E-state index in [4.69, 9.17) is 0 Å². The highest BCUT2D eigenvalue weighted by Gasteiger charge is 2.35. The van der Waals surface area contributed by atoms with Gasteiger partial charge in [0.2, 0.25) is 5.91 Å². The van der Waals surface area contributed by atoms with Crippen molar-refractivity contribution in [1.29, 1.82) is 0 Å².